The summed E-state index contributed by atoms with van der Waals surface area (Å²) in [5.74, 6) is 2.32. The zero-order chi connectivity index (χ0) is 31.2. The molecule has 1 aromatic heterocycles. The van der Waals surface area contributed by atoms with Crippen molar-refractivity contribution >= 4 is 34.2 Å². The quantitative estimate of drug-likeness (QED) is 0.172. The topological polar surface area (TPSA) is 94.2 Å². The van der Waals surface area contributed by atoms with Crippen LogP contribution in [0.2, 0.25) is 5.02 Å². The highest BCUT2D eigenvalue weighted by atomic mass is 35.5. The third-order valence-corrected chi connectivity index (χ3v) is 8.21. The lowest BCUT2D eigenvalue weighted by atomic mass is 10.1. The lowest BCUT2D eigenvalue weighted by Crippen LogP contribution is -2.31. The second kappa shape index (κ2) is 14.2. The number of pyridine rings is 1. The average Bonchev–Trinajstić information content (AvgIpc) is 3.05. The van der Waals surface area contributed by atoms with Crippen LogP contribution in [0.4, 0.5) is 14.9 Å². The number of benzene rings is 3. The van der Waals surface area contributed by atoms with Gasteiger partial charge in [-0.15, -0.1) is 0 Å². The summed E-state index contributed by atoms with van der Waals surface area (Å²) < 4.78 is 37.8. The van der Waals surface area contributed by atoms with Crippen molar-refractivity contribution in [3.05, 3.63) is 77.2 Å². The number of piperidine rings is 1. The lowest BCUT2D eigenvalue weighted by Gasteiger charge is -2.26. The van der Waals surface area contributed by atoms with E-state index in [4.69, 9.17) is 30.5 Å². The fourth-order valence-corrected chi connectivity index (χ4v) is 5.81. The van der Waals surface area contributed by atoms with E-state index in [0.29, 0.717) is 65.2 Å². The van der Waals surface area contributed by atoms with E-state index >= 15 is 0 Å². The molecule has 0 spiro atoms. The van der Waals surface area contributed by atoms with Crippen LogP contribution in [-0.2, 0) is 0 Å². The first kappa shape index (κ1) is 30.7. The van der Waals surface area contributed by atoms with Crippen LogP contribution < -0.4 is 29.6 Å². The van der Waals surface area contributed by atoms with Crippen LogP contribution in [0.15, 0.2) is 60.8 Å². The first-order valence-corrected chi connectivity index (χ1v) is 15.7. The number of halogens is 2. The highest BCUT2D eigenvalue weighted by Gasteiger charge is 2.25. The summed E-state index contributed by atoms with van der Waals surface area (Å²) >= 11 is 6.53. The van der Waals surface area contributed by atoms with Gasteiger partial charge in [-0.3, -0.25) is 4.98 Å². The van der Waals surface area contributed by atoms with Crippen LogP contribution >= 0.6 is 11.6 Å². The van der Waals surface area contributed by atoms with E-state index < -0.39 is 6.03 Å². The lowest BCUT2D eigenvalue weighted by molar-refractivity contribution is 0.161. The number of nitrogens with zero attached hydrogens (tertiary/aromatic N) is 2. The Balaban J connectivity index is 1.14. The molecule has 3 aromatic carbocycles. The van der Waals surface area contributed by atoms with Crippen molar-refractivity contribution in [3.8, 4) is 28.7 Å². The fourth-order valence-electron chi connectivity index (χ4n) is 5.60. The van der Waals surface area contributed by atoms with Gasteiger partial charge in [0, 0.05) is 24.9 Å². The van der Waals surface area contributed by atoms with Crippen molar-refractivity contribution < 1.29 is 28.1 Å². The van der Waals surface area contributed by atoms with Crippen molar-refractivity contribution in [2.45, 2.75) is 38.6 Å². The minimum atomic E-state index is -0.448. The molecule has 0 saturated carbocycles. The van der Waals surface area contributed by atoms with Gasteiger partial charge in [0.25, 0.3) is 0 Å². The Kier molecular flexibility index (Phi) is 9.71. The highest BCUT2D eigenvalue weighted by Crippen LogP contribution is 2.48. The molecule has 4 aromatic rings. The number of amides is 2. The molecular formula is C34H36ClFN4O5. The van der Waals surface area contributed by atoms with Crippen LogP contribution in [0, 0.1) is 5.82 Å². The van der Waals surface area contributed by atoms with Gasteiger partial charge in [-0.05, 0) is 75.2 Å². The van der Waals surface area contributed by atoms with Gasteiger partial charge in [0.2, 0.25) is 5.75 Å². The maximum Gasteiger partial charge on any atom is 0.319 e. The Labute approximate surface area is 266 Å². The molecule has 0 bridgehead atoms. The van der Waals surface area contributed by atoms with Gasteiger partial charge in [0.05, 0.1) is 34.3 Å². The van der Waals surface area contributed by atoms with Crippen molar-refractivity contribution in [2.75, 3.05) is 44.8 Å². The monoisotopic (exact) mass is 634 g/mol. The third-order valence-electron chi connectivity index (χ3n) is 7.90. The van der Waals surface area contributed by atoms with Crippen LogP contribution in [0.5, 0.6) is 28.7 Å². The summed E-state index contributed by atoms with van der Waals surface area (Å²) in [5.41, 5.74) is 1.83. The van der Waals surface area contributed by atoms with Gasteiger partial charge >= 0.3 is 6.03 Å². The Morgan fingerprint density at radius 1 is 1.02 bits per heavy atom. The minimum Gasteiger partial charge on any atom is -0.489 e. The largest absolute Gasteiger partial charge is 0.489 e. The van der Waals surface area contributed by atoms with Gasteiger partial charge in [-0.2, -0.15) is 0 Å². The molecule has 0 radical (unpaired) electrons. The van der Waals surface area contributed by atoms with E-state index in [9.17, 15) is 9.18 Å². The predicted molar refractivity (Wildman–Crippen MR) is 172 cm³/mol. The molecule has 0 aliphatic carbocycles. The number of hydrogen-bond acceptors (Lipinski definition) is 7. The molecule has 11 heteroatoms. The number of urea groups is 1. The van der Waals surface area contributed by atoms with Crippen molar-refractivity contribution in [2.24, 2.45) is 0 Å². The normalized spacial score (nSPS) is 15.4. The van der Waals surface area contributed by atoms with Gasteiger partial charge < -0.3 is 34.5 Å². The Hall–Kier alpha value is -4.28. The number of hydrogen-bond donors (Lipinski definition) is 2. The number of carbonyl (C=O) groups is 1. The van der Waals surface area contributed by atoms with Crippen molar-refractivity contribution in [1.29, 1.82) is 0 Å². The van der Waals surface area contributed by atoms with Crippen LogP contribution in [0.25, 0.3) is 10.9 Å². The third kappa shape index (κ3) is 7.51. The molecular weight excluding hydrogens is 599 g/mol. The average molecular weight is 635 g/mol. The molecule has 6 rings (SSSR count). The summed E-state index contributed by atoms with van der Waals surface area (Å²) in [7, 11) is 0. The van der Waals surface area contributed by atoms with E-state index in [2.05, 4.69) is 20.5 Å². The Bertz CT molecular complexity index is 1650. The van der Waals surface area contributed by atoms with Gasteiger partial charge in [0.15, 0.2) is 11.5 Å². The molecule has 3 heterocycles. The zero-order valence-corrected chi connectivity index (χ0v) is 25.9. The van der Waals surface area contributed by atoms with Crippen LogP contribution in [0.1, 0.15) is 44.2 Å². The number of likely N-dealkylation sites (tertiary alicyclic amines) is 1. The van der Waals surface area contributed by atoms with E-state index in [1.807, 2.05) is 13.0 Å². The number of anilines is 1. The number of rotatable bonds is 10. The van der Waals surface area contributed by atoms with E-state index in [0.717, 1.165) is 31.6 Å². The molecule has 2 aliphatic heterocycles. The first-order chi connectivity index (χ1) is 21.9. The SMILES string of the molecule is C[C@@H](NC(=O)Nc1ccc(Oc2ccnc3cc(OCCCN4CCCCC4)c4c(c23)OCCO4)cc1Cl)c1ccc(F)cc1. The second-order valence-electron chi connectivity index (χ2n) is 11.2. The summed E-state index contributed by atoms with van der Waals surface area (Å²) in [5, 5.41) is 6.53. The first-order valence-electron chi connectivity index (χ1n) is 15.3. The predicted octanol–water partition coefficient (Wildman–Crippen LogP) is 7.73. The number of ether oxygens (including phenoxy) is 4. The standard InChI is InChI=1S/C34H36ClFN4O5/c1-22(23-6-8-24(36)9-7-23)38-34(41)39-27-11-10-25(20-26(27)35)45-29-12-13-37-28-21-30(32-33(31(28)29)44-19-18-43-32)42-17-5-16-40-14-3-2-4-15-40/h6-13,20-22H,2-5,14-19H2,1H3,(H2,38,39,41)/t22-/m1/s1. The van der Waals surface area contributed by atoms with Gasteiger partial charge in [-0.1, -0.05) is 30.2 Å². The van der Waals surface area contributed by atoms with Crippen LogP contribution in [-0.4, -0.2) is 55.4 Å². The van der Waals surface area contributed by atoms with Crippen molar-refractivity contribution in [1.82, 2.24) is 15.2 Å². The molecule has 2 amide bonds. The smallest absolute Gasteiger partial charge is 0.319 e. The molecule has 2 aliphatic rings. The molecule has 9 nitrogen and oxygen atoms in total. The summed E-state index contributed by atoms with van der Waals surface area (Å²) in [6.07, 6.45) is 6.44. The van der Waals surface area contributed by atoms with Crippen molar-refractivity contribution in [3.63, 3.8) is 0 Å². The minimum absolute atomic E-state index is 0.289. The summed E-state index contributed by atoms with van der Waals surface area (Å²) in [6.45, 7) is 6.52. The fraction of sp³-hybridized carbons (Fsp3) is 0.353. The van der Waals surface area contributed by atoms with E-state index in [1.165, 1.54) is 31.4 Å². The Morgan fingerprint density at radius 3 is 2.58 bits per heavy atom. The number of nitrogens with one attached hydrogen (secondary N) is 2. The molecule has 1 atom stereocenters. The zero-order valence-electron chi connectivity index (χ0n) is 25.1. The van der Waals surface area contributed by atoms with Gasteiger partial charge in [0.1, 0.15) is 30.5 Å². The molecule has 236 valence electrons. The maximum absolute atomic E-state index is 13.2. The molecule has 0 unspecified atom stereocenters. The van der Waals surface area contributed by atoms with Crippen LogP contribution in [0.3, 0.4) is 0 Å². The molecule has 2 N–H and O–H groups in total. The second-order valence-corrected chi connectivity index (χ2v) is 11.6. The van der Waals surface area contributed by atoms with E-state index in [1.54, 1.807) is 42.6 Å². The number of carbonyl (C=O) groups excluding carboxylic acids is 1. The number of fused-ring (bicyclic) bond motifs is 3. The molecule has 45 heavy (non-hydrogen) atoms. The van der Waals surface area contributed by atoms with Gasteiger partial charge in [-0.25, -0.2) is 9.18 Å². The molecule has 1 saturated heterocycles. The maximum atomic E-state index is 13.2. The summed E-state index contributed by atoms with van der Waals surface area (Å²) in [6, 6.07) is 13.8. The van der Waals surface area contributed by atoms with E-state index in [-0.39, 0.29) is 16.9 Å². The summed E-state index contributed by atoms with van der Waals surface area (Å²) in [4.78, 5) is 19.7. The molecule has 1 fully saturated rings. The Morgan fingerprint density at radius 2 is 1.80 bits per heavy atom. The highest BCUT2D eigenvalue weighted by molar-refractivity contribution is 6.33. The number of aromatic nitrogens is 1.